The van der Waals surface area contributed by atoms with Crippen LogP contribution in [0.15, 0.2) is 54.6 Å². The van der Waals surface area contributed by atoms with Gasteiger partial charge in [-0.3, -0.25) is 9.59 Å². The van der Waals surface area contributed by atoms with Crippen molar-refractivity contribution in [3.8, 4) is 11.5 Å². The highest BCUT2D eigenvalue weighted by Crippen LogP contribution is 2.28. The monoisotopic (exact) mass is 357 g/mol. The number of hydrogen-bond acceptors (Lipinski definition) is 4. The first-order valence-electron chi connectivity index (χ1n) is 8.24. The number of rotatable bonds is 8. The lowest BCUT2D eigenvalue weighted by Gasteiger charge is -2.31. The molecular formula is C20H23NO5. The molecule has 0 aliphatic rings. The normalized spacial score (nSPS) is 14.0. The molecule has 0 radical (unpaired) electrons. The van der Waals surface area contributed by atoms with E-state index in [9.17, 15) is 14.7 Å². The maximum Gasteiger partial charge on any atom is 0.306 e. The Labute approximate surface area is 152 Å². The minimum Gasteiger partial charge on any atom is -0.497 e. The summed E-state index contributed by atoms with van der Waals surface area (Å²) in [7, 11) is 1.53. The molecule has 2 atom stereocenters. The van der Waals surface area contributed by atoms with Crippen LogP contribution >= 0.6 is 0 Å². The van der Waals surface area contributed by atoms with Crippen LogP contribution < -0.4 is 14.8 Å². The lowest BCUT2D eigenvalue weighted by atomic mass is 9.88. The Morgan fingerprint density at radius 1 is 1.12 bits per heavy atom. The summed E-state index contributed by atoms with van der Waals surface area (Å²) in [4.78, 5) is 24.0. The van der Waals surface area contributed by atoms with Crippen molar-refractivity contribution in [1.29, 1.82) is 0 Å². The molecule has 0 saturated heterocycles. The smallest absolute Gasteiger partial charge is 0.306 e. The first kappa shape index (κ1) is 19.3. The van der Waals surface area contributed by atoms with E-state index in [0.29, 0.717) is 17.1 Å². The number of para-hydroxylation sites is 1. The van der Waals surface area contributed by atoms with Gasteiger partial charge in [0.15, 0.2) is 6.10 Å². The van der Waals surface area contributed by atoms with Gasteiger partial charge in [0.1, 0.15) is 11.5 Å². The fourth-order valence-corrected chi connectivity index (χ4v) is 2.62. The van der Waals surface area contributed by atoms with Crippen molar-refractivity contribution < 1.29 is 24.2 Å². The highest BCUT2D eigenvalue weighted by Gasteiger charge is 2.33. The van der Waals surface area contributed by atoms with E-state index in [2.05, 4.69) is 5.32 Å². The molecule has 0 saturated carbocycles. The molecule has 2 rings (SSSR count). The number of hydrogen-bond donors (Lipinski definition) is 2. The number of carbonyl (C=O) groups is 2. The van der Waals surface area contributed by atoms with Gasteiger partial charge in [-0.25, -0.2) is 0 Å². The van der Waals surface area contributed by atoms with Crippen LogP contribution in [0.5, 0.6) is 11.5 Å². The molecule has 26 heavy (non-hydrogen) atoms. The summed E-state index contributed by atoms with van der Waals surface area (Å²) in [6, 6.07) is 16.0. The van der Waals surface area contributed by atoms with Crippen LogP contribution in [0.1, 0.15) is 25.8 Å². The summed E-state index contributed by atoms with van der Waals surface area (Å²) in [6.07, 6.45) is -1.06. The predicted octanol–water partition coefficient (Wildman–Crippen LogP) is 2.97. The second-order valence-electron chi connectivity index (χ2n) is 6.20. The first-order chi connectivity index (χ1) is 12.3. The number of ether oxygens (including phenoxy) is 2. The van der Waals surface area contributed by atoms with E-state index in [1.54, 1.807) is 50.2 Å². The molecule has 1 amide bonds. The number of carboxylic acids is 1. The summed E-state index contributed by atoms with van der Waals surface area (Å²) in [6.45, 7) is 3.29. The number of nitrogens with one attached hydrogen (secondary N) is 1. The molecule has 6 heteroatoms. The zero-order valence-electron chi connectivity index (χ0n) is 15.1. The second-order valence-corrected chi connectivity index (χ2v) is 6.20. The maximum atomic E-state index is 12.6. The van der Waals surface area contributed by atoms with Crippen molar-refractivity contribution in [3.05, 3.63) is 60.2 Å². The molecule has 138 valence electrons. The molecule has 2 aromatic carbocycles. The highest BCUT2D eigenvalue weighted by atomic mass is 16.5. The molecule has 6 nitrogen and oxygen atoms in total. The minimum absolute atomic E-state index is 0.274. The zero-order chi connectivity index (χ0) is 19.2. The van der Waals surface area contributed by atoms with Gasteiger partial charge in [0, 0.05) is 0 Å². The van der Waals surface area contributed by atoms with E-state index >= 15 is 0 Å². The van der Waals surface area contributed by atoms with Crippen molar-refractivity contribution >= 4 is 11.9 Å². The van der Waals surface area contributed by atoms with Gasteiger partial charge in [-0.15, -0.1) is 0 Å². The van der Waals surface area contributed by atoms with E-state index in [4.69, 9.17) is 9.47 Å². The Morgan fingerprint density at radius 3 is 2.38 bits per heavy atom. The largest absolute Gasteiger partial charge is 0.497 e. The van der Waals surface area contributed by atoms with E-state index in [1.807, 2.05) is 18.2 Å². The number of benzene rings is 2. The van der Waals surface area contributed by atoms with Crippen molar-refractivity contribution in [1.82, 2.24) is 5.32 Å². The van der Waals surface area contributed by atoms with E-state index in [-0.39, 0.29) is 6.42 Å². The Hall–Kier alpha value is -3.02. The van der Waals surface area contributed by atoms with Gasteiger partial charge in [0.25, 0.3) is 5.91 Å². The van der Waals surface area contributed by atoms with Crippen molar-refractivity contribution in [3.63, 3.8) is 0 Å². The van der Waals surface area contributed by atoms with Gasteiger partial charge in [0.05, 0.1) is 19.1 Å². The summed E-state index contributed by atoms with van der Waals surface area (Å²) >= 11 is 0. The fourth-order valence-electron chi connectivity index (χ4n) is 2.62. The molecule has 0 aliphatic heterocycles. The second kappa shape index (κ2) is 8.38. The average Bonchev–Trinajstić information content (AvgIpc) is 2.61. The van der Waals surface area contributed by atoms with E-state index in [0.717, 1.165) is 0 Å². The van der Waals surface area contributed by atoms with Crippen LogP contribution in [0.2, 0.25) is 0 Å². The SMILES string of the molecule is COc1cccc(C(C)(CC(=O)O)NC(=O)C(C)Oc2ccccc2)c1. The summed E-state index contributed by atoms with van der Waals surface area (Å²) in [5.74, 6) is -0.272. The molecule has 2 N–H and O–H groups in total. The minimum atomic E-state index is -1.11. The third-order valence-corrected chi connectivity index (χ3v) is 4.04. The van der Waals surface area contributed by atoms with Gasteiger partial charge >= 0.3 is 5.97 Å². The third-order valence-electron chi connectivity index (χ3n) is 4.04. The lowest BCUT2D eigenvalue weighted by Crippen LogP contribution is -2.49. The number of amides is 1. The lowest BCUT2D eigenvalue weighted by molar-refractivity contribution is -0.139. The van der Waals surface area contributed by atoms with Gasteiger partial charge in [-0.05, 0) is 43.7 Å². The summed E-state index contributed by atoms with van der Waals surface area (Å²) in [5.41, 5.74) is -0.467. The van der Waals surface area contributed by atoms with Crippen LogP contribution in [-0.4, -0.2) is 30.2 Å². The van der Waals surface area contributed by atoms with Crippen LogP contribution in [0, 0.1) is 0 Å². The molecule has 2 aromatic rings. The number of carbonyl (C=O) groups excluding carboxylic acids is 1. The van der Waals surface area contributed by atoms with Crippen molar-refractivity contribution in [2.75, 3.05) is 7.11 Å². The number of carboxylic acid groups (broad SMARTS) is 1. The molecule has 0 spiro atoms. The summed E-state index contributed by atoms with van der Waals surface area (Å²) < 4.78 is 10.8. The standard InChI is InChI=1S/C20H23NO5/c1-14(26-16-9-5-4-6-10-16)19(24)21-20(2,13-18(22)23)15-8-7-11-17(12-15)25-3/h4-12,14H,13H2,1-3H3,(H,21,24)(H,22,23). The molecule has 0 aromatic heterocycles. The first-order valence-corrected chi connectivity index (χ1v) is 8.24. The quantitative estimate of drug-likeness (QED) is 0.759. The highest BCUT2D eigenvalue weighted by molar-refractivity contribution is 5.82. The van der Waals surface area contributed by atoms with Crippen LogP contribution in [0.3, 0.4) is 0 Å². The summed E-state index contributed by atoms with van der Waals surface area (Å²) in [5, 5.41) is 12.1. The zero-order valence-corrected chi connectivity index (χ0v) is 15.1. The number of aliphatic carboxylic acids is 1. The van der Waals surface area contributed by atoms with Crippen LogP contribution in [0.4, 0.5) is 0 Å². The molecule has 0 heterocycles. The fraction of sp³-hybridized carbons (Fsp3) is 0.300. The van der Waals surface area contributed by atoms with Gasteiger partial charge in [-0.2, -0.15) is 0 Å². The third kappa shape index (κ3) is 4.99. The molecule has 0 aliphatic carbocycles. The van der Waals surface area contributed by atoms with Crippen LogP contribution in [0.25, 0.3) is 0 Å². The molecule has 2 unspecified atom stereocenters. The number of methoxy groups -OCH3 is 1. The van der Waals surface area contributed by atoms with Gasteiger partial charge < -0.3 is 19.9 Å². The van der Waals surface area contributed by atoms with Crippen molar-refractivity contribution in [2.24, 2.45) is 0 Å². The van der Waals surface area contributed by atoms with Gasteiger partial charge in [-0.1, -0.05) is 30.3 Å². The predicted molar refractivity (Wildman–Crippen MR) is 97.3 cm³/mol. The topological polar surface area (TPSA) is 84.9 Å². The maximum absolute atomic E-state index is 12.6. The molecular weight excluding hydrogens is 334 g/mol. The Kier molecular flexibility index (Phi) is 6.22. The van der Waals surface area contributed by atoms with Crippen LogP contribution in [-0.2, 0) is 15.1 Å². The molecule has 0 bridgehead atoms. The Morgan fingerprint density at radius 2 is 1.77 bits per heavy atom. The van der Waals surface area contributed by atoms with Gasteiger partial charge in [0.2, 0.25) is 0 Å². The van der Waals surface area contributed by atoms with Crippen molar-refractivity contribution in [2.45, 2.75) is 31.9 Å². The Balaban J connectivity index is 2.20. The van der Waals surface area contributed by atoms with E-state index in [1.165, 1.54) is 7.11 Å². The Bertz CT molecular complexity index is 762. The molecule has 0 fully saturated rings. The average molecular weight is 357 g/mol. The van der Waals surface area contributed by atoms with E-state index < -0.39 is 23.5 Å².